The zero-order valence-corrected chi connectivity index (χ0v) is 21.2. The van der Waals surface area contributed by atoms with Crippen molar-refractivity contribution in [3.05, 3.63) is 84.2 Å². The van der Waals surface area contributed by atoms with E-state index >= 15 is 0 Å². The number of rotatable bonds is 9. The number of hydrogen-bond donors (Lipinski definition) is 5. The van der Waals surface area contributed by atoms with Crippen molar-refractivity contribution in [3.8, 4) is 11.1 Å². The van der Waals surface area contributed by atoms with Gasteiger partial charge in [0, 0.05) is 30.3 Å². The number of hydrogen-bond acceptors (Lipinski definition) is 8. The van der Waals surface area contributed by atoms with E-state index < -0.39 is 16.1 Å². The lowest BCUT2D eigenvalue weighted by atomic mass is 10.1. The van der Waals surface area contributed by atoms with E-state index in [0.29, 0.717) is 40.3 Å². The summed E-state index contributed by atoms with van der Waals surface area (Å²) in [6.45, 7) is 0.212. The van der Waals surface area contributed by atoms with Gasteiger partial charge in [0.05, 0.1) is 17.1 Å². The number of urea groups is 1. The van der Waals surface area contributed by atoms with Crippen LogP contribution in [0, 0.1) is 5.41 Å². The number of carbonyl (C=O) groups is 1. The van der Waals surface area contributed by atoms with Gasteiger partial charge in [-0.05, 0) is 46.3 Å². The number of primary sulfonamides is 1. The van der Waals surface area contributed by atoms with Crippen molar-refractivity contribution in [3.63, 3.8) is 0 Å². The largest absolute Gasteiger partial charge is 0.384 e. The van der Waals surface area contributed by atoms with Crippen LogP contribution < -0.4 is 21.6 Å². The Bertz CT molecular complexity index is 1570. The van der Waals surface area contributed by atoms with E-state index in [4.69, 9.17) is 16.3 Å². The van der Waals surface area contributed by atoms with Crippen LogP contribution in [0.1, 0.15) is 11.4 Å². The Balaban J connectivity index is 1.54. The number of amidine groups is 1. The smallest absolute Gasteiger partial charge is 0.340 e. The number of nitrogens with one attached hydrogen (secondary N) is 3. The SMILES string of the molecule is Cn1nnnc1CCN(Nc1cccc(C(=N)N)c1)C(=O)Nc1ccc(-c2ccccc2S(N)(=O)=O)cc1. The van der Waals surface area contributed by atoms with Gasteiger partial charge in [0.1, 0.15) is 5.84 Å². The molecule has 7 N–H and O–H groups in total. The standard InChI is InChI=1S/C24H26N10O3S/c1-33-22(29-31-32-33)13-14-34(30-19-6-4-5-17(15-19)23(25)26)24(35)28-18-11-9-16(10-12-18)20-7-2-3-8-21(20)38(27,36)37/h2-12,15,30H,13-14H2,1H3,(H3,25,26)(H,28,35)(H2,27,36,37). The Morgan fingerprint density at radius 1 is 1.05 bits per heavy atom. The van der Waals surface area contributed by atoms with Crippen LogP contribution in [0.25, 0.3) is 11.1 Å². The number of tetrazole rings is 1. The molecule has 0 saturated carbocycles. The second-order valence-corrected chi connectivity index (χ2v) is 9.81. The highest BCUT2D eigenvalue weighted by atomic mass is 32.2. The number of nitrogens with zero attached hydrogens (tertiary/aromatic N) is 5. The molecule has 0 radical (unpaired) electrons. The minimum atomic E-state index is -3.91. The molecule has 1 aromatic heterocycles. The summed E-state index contributed by atoms with van der Waals surface area (Å²) in [5.41, 5.74) is 11.3. The van der Waals surface area contributed by atoms with Crippen molar-refractivity contribution < 1.29 is 13.2 Å². The second kappa shape index (κ2) is 11.1. The molecule has 0 aliphatic heterocycles. The number of anilines is 2. The third kappa shape index (κ3) is 6.29. The molecule has 4 aromatic rings. The Labute approximate surface area is 219 Å². The normalized spacial score (nSPS) is 11.1. The lowest BCUT2D eigenvalue weighted by molar-refractivity contribution is 0.222. The fourth-order valence-electron chi connectivity index (χ4n) is 3.67. The fourth-order valence-corrected chi connectivity index (χ4v) is 4.43. The lowest BCUT2D eigenvalue weighted by Crippen LogP contribution is -2.41. The molecule has 2 amide bonds. The summed E-state index contributed by atoms with van der Waals surface area (Å²) in [6, 6.07) is 19.5. The molecule has 14 heteroatoms. The minimum Gasteiger partial charge on any atom is -0.384 e. The molecule has 0 bridgehead atoms. The van der Waals surface area contributed by atoms with E-state index in [1.54, 1.807) is 73.8 Å². The number of aryl methyl sites for hydroxylation is 1. The predicted octanol–water partition coefficient (Wildman–Crippen LogP) is 1.91. The monoisotopic (exact) mass is 534 g/mol. The van der Waals surface area contributed by atoms with E-state index in [0.717, 1.165) is 0 Å². The Kier molecular flexibility index (Phi) is 7.64. The third-order valence-electron chi connectivity index (χ3n) is 5.59. The lowest BCUT2D eigenvalue weighted by Gasteiger charge is -2.25. The maximum absolute atomic E-state index is 13.3. The summed E-state index contributed by atoms with van der Waals surface area (Å²) in [6.07, 6.45) is 0.361. The first kappa shape index (κ1) is 26.2. The van der Waals surface area contributed by atoms with Gasteiger partial charge >= 0.3 is 6.03 Å². The molecule has 3 aromatic carbocycles. The zero-order valence-electron chi connectivity index (χ0n) is 20.4. The van der Waals surface area contributed by atoms with E-state index in [2.05, 4.69) is 26.3 Å². The van der Waals surface area contributed by atoms with Gasteiger partial charge in [-0.3, -0.25) is 10.8 Å². The molecule has 0 saturated heterocycles. The summed E-state index contributed by atoms with van der Waals surface area (Å²) in [5, 5.41) is 28.6. The minimum absolute atomic E-state index is 0.0122. The first-order chi connectivity index (χ1) is 18.1. The molecular formula is C24H26N10O3S. The highest BCUT2D eigenvalue weighted by molar-refractivity contribution is 7.89. The average Bonchev–Trinajstić information content (AvgIpc) is 3.31. The van der Waals surface area contributed by atoms with Crippen LogP contribution in [0.2, 0.25) is 0 Å². The number of benzene rings is 3. The third-order valence-corrected chi connectivity index (χ3v) is 6.56. The molecule has 13 nitrogen and oxygen atoms in total. The van der Waals surface area contributed by atoms with Gasteiger partial charge < -0.3 is 11.1 Å². The van der Waals surface area contributed by atoms with Gasteiger partial charge in [0.2, 0.25) is 10.0 Å². The zero-order chi connectivity index (χ0) is 27.3. The maximum Gasteiger partial charge on any atom is 0.340 e. The van der Waals surface area contributed by atoms with Crippen LogP contribution in [0.3, 0.4) is 0 Å². The van der Waals surface area contributed by atoms with Crippen molar-refractivity contribution in [2.45, 2.75) is 11.3 Å². The number of carbonyl (C=O) groups excluding carboxylic acids is 1. The summed E-state index contributed by atoms with van der Waals surface area (Å²) < 4.78 is 25.5. The number of aromatic nitrogens is 4. The number of nitrogens with two attached hydrogens (primary N) is 2. The summed E-state index contributed by atoms with van der Waals surface area (Å²) in [5.74, 6) is 0.485. The number of amides is 2. The number of hydrazine groups is 1. The van der Waals surface area contributed by atoms with Crippen molar-refractivity contribution >= 4 is 33.3 Å². The summed E-state index contributed by atoms with van der Waals surface area (Å²) >= 11 is 0. The molecule has 0 aliphatic carbocycles. The molecule has 0 atom stereocenters. The Hall–Kier alpha value is -4.82. The average molecular weight is 535 g/mol. The highest BCUT2D eigenvalue weighted by Crippen LogP contribution is 2.27. The number of sulfonamides is 1. The van der Waals surface area contributed by atoms with Crippen molar-refractivity contribution in [1.82, 2.24) is 25.2 Å². The molecule has 38 heavy (non-hydrogen) atoms. The van der Waals surface area contributed by atoms with E-state index in [1.165, 1.54) is 15.8 Å². The van der Waals surface area contributed by atoms with Gasteiger partial charge in [-0.15, -0.1) is 5.10 Å². The molecular weight excluding hydrogens is 508 g/mol. The quantitative estimate of drug-likeness (QED) is 0.122. The molecule has 0 spiro atoms. The molecule has 0 fully saturated rings. The van der Waals surface area contributed by atoms with Gasteiger partial charge in [-0.2, -0.15) is 0 Å². The van der Waals surface area contributed by atoms with E-state index in [-0.39, 0.29) is 17.3 Å². The van der Waals surface area contributed by atoms with Crippen LogP contribution in [-0.4, -0.2) is 52.0 Å². The number of nitrogen functional groups attached to an aromatic ring is 1. The van der Waals surface area contributed by atoms with Gasteiger partial charge in [0.15, 0.2) is 5.82 Å². The van der Waals surface area contributed by atoms with Crippen LogP contribution in [0.15, 0.2) is 77.7 Å². The van der Waals surface area contributed by atoms with Crippen molar-refractivity contribution in [2.24, 2.45) is 17.9 Å². The van der Waals surface area contributed by atoms with Gasteiger partial charge in [0.25, 0.3) is 0 Å². The maximum atomic E-state index is 13.3. The molecule has 196 valence electrons. The molecule has 4 rings (SSSR count). The van der Waals surface area contributed by atoms with Gasteiger partial charge in [-0.1, -0.05) is 42.5 Å². The molecule has 0 aliphatic rings. The van der Waals surface area contributed by atoms with Crippen molar-refractivity contribution in [2.75, 3.05) is 17.3 Å². The van der Waals surface area contributed by atoms with Crippen LogP contribution in [0.4, 0.5) is 16.2 Å². The predicted molar refractivity (Wildman–Crippen MR) is 143 cm³/mol. The Morgan fingerprint density at radius 3 is 2.45 bits per heavy atom. The van der Waals surface area contributed by atoms with Crippen molar-refractivity contribution in [1.29, 1.82) is 5.41 Å². The van der Waals surface area contributed by atoms with E-state index in [9.17, 15) is 13.2 Å². The fraction of sp³-hybridized carbons (Fsp3) is 0.125. The van der Waals surface area contributed by atoms with Crippen LogP contribution in [-0.2, 0) is 23.5 Å². The molecule has 0 unspecified atom stereocenters. The summed E-state index contributed by atoms with van der Waals surface area (Å²) in [7, 11) is -2.20. The van der Waals surface area contributed by atoms with Crippen LogP contribution in [0.5, 0.6) is 0 Å². The molecule has 1 heterocycles. The van der Waals surface area contributed by atoms with Gasteiger partial charge in [-0.25, -0.2) is 28.0 Å². The summed E-state index contributed by atoms with van der Waals surface area (Å²) in [4.78, 5) is 13.3. The topological polar surface area (TPSA) is 198 Å². The highest BCUT2D eigenvalue weighted by Gasteiger charge is 2.18. The Morgan fingerprint density at radius 2 is 1.79 bits per heavy atom. The first-order valence-corrected chi connectivity index (χ1v) is 12.9. The van der Waals surface area contributed by atoms with Crippen LogP contribution >= 0.6 is 0 Å². The first-order valence-electron chi connectivity index (χ1n) is 11.3. The second-order valence-electron chi connectivity index (χ2n) is 8.28. The van der Waals surface area contributed by atoms with E-state index in [1.807, 2.05) is 0 Å².